The van der Waals surface area contributed by atoms with E-state index in [1.165, 1.54) is 42.7 Å². The zero-order valence-electron chi connectivity index (χ0n) is 10.9. The summed E-state index contributed by atoms with van der Waals surface area (Å²) < 4.78 is 0. The van der Waals surface area contributed by atoms with Gasteiger partial charge in [-0.3, -0.25) is 0 Å². The smallest absolute Gasteiger partial charge is 0.0614 e. The molecule has 2 heterocycles. The zero-order chi connectivity index (χ0) is 11.8. The van der Waals surface area contributed by atoms with Gasteiger partial charge in [0.1, 0.15) is 0 Å². The number of rotatable bonds is 1. The van der Waals surface area contributed by atoms with E-state index in [2.05, 4.69) is 42.3 Å². The van der Waals surface area contributed by atoms with E-state index in [0.29, 0.717) is 5.92 Å². The maximum Gasteiger partial charge on any atom is 0.0614 e. The first-order chi connectivity index (χ1) is 8.27. The molecule has 3 rings (SSSR count). The predicted octanol–water partition coefficient (Wildman–Crippen LogP) is 3.59. The molecule has 0 saturated carbocycles. The van der Waals surface area contributed by atoms with E-state index in [0.717, 1.165) is 12.6 Å². The van der Waals surface area contributed by atoms with Gasteiger partial charge in [-0.2, -0.15) is 0 Å². The Kier molecular flexibility index (Phi) is 2.73. The van der Waals surface area contributed by atoms with Crippen molar-refractivity contribution < 1.29 is 0 Å². The minimum absolute atomic E-state index is 0.596. The molecule has 1 fully saturated rings. The number of piperidine rings is 1. The molecule has 1 saturated heterocycles. The second-order valence-electron chi connectivity index (χ2n) is 5.62. The van der Waals surface area contributed by atoms with Gasteiger partial charge in [0.25, 0.3) is 0 Å². The van der Waals surface area contributed by atoms with Crippen LogP contribution in [0, 0.1) is 0 Å². The molecule has 2 aliphatic heterocycles. The summed E-state index contributed by atoms with van der Waals surface area (Å²) in [4.78, 5) is 2.63. The number of anilines is 2. The third-order valence-electron chi connectivity index (χ3n) is 4.15. The SMILES string of the molecule is CC(C)c1cccc2c1NCC1CCCCN21. The average molecular weight is 230 g/mol. The second-order valence-corrected chi connectivity index (χ2v) is 5.62. The lowest BCUT2D eigenvalue weighted by Gasteiger charge is -2.43. The fourth-order valence-electron chi connectivity index (χ4n) is 3.22. The van der Waals surface area contributed by atoms with Crippen molar-refractivity contribution in [1.29, 1.82) is 0 Å². The van der Waals surface area contributed by atoms with Gasteiger partial charge in [0.15, 0.2) is 0 Å². The molecule has 0 bridgehead atoms. The van der Waals surface area contributed by atoms with Crippen LogP contribution in [0.15, 0.2) is 18.2 Å². The highest BCUT2D eigenvalue weighted by atomic mass is 15.2. The third kappa shape index (κ3) is 1.80. The molecule has 92 valence electrons. The van der Waals surface area contributed by atoms with Crippen LogP contribution in [0.4, 0.5) is 11.4 Å². The van der Waals surface area contributed by atoms with E-state index in [4.69, 9.17) is 0 Å². The van der Waals surface area contributed by atoms with Crippen molar-refractivity contribution >= 4 is 11.4 Å². The van der Waals surface area contributed by atoms with Gasteiger partial charge in [-0.25, -0.2) is 0 Å². The number of nitrogens with one attached hydrogen (secondary N) is 1. The number of nitrogens with zero attached hydrogens (tertiary/aromatic N) is 1. The minimum atomic E-state index is 0.596. The molecular weight excluding hydrogens is 208 g/mol. The molecule has 1 unspecified atom stereocenters. The van der Waals surface area contributed by atoms with E-state index >= 15 is 0 Å². The standard InChI is InChI=1S/C15H22N2/c1-11(2)13-7-5-8-14-15(13)16-10-12-6-3-4-9-17(12)14/h5,7-8,11-12,16H,3-4,6,9-10H2,1-2H3. The number of benzene rings is 1. The van der Waals surface area contributed by atoms with Gasteiger partial charge in [-0.1, -0.05) is 26.0 Å². The molecule has 0 aliphatic carbocycles. The molecule has 0 aromatic heterocycles. The Morgan fingerprint density at radius 3 is 3.00 bits per heavy atom. The summed E-state index contributed by atoms with van der Waals surface area (Å²) in [5.74, 6) is 0.596. The molecular formula is C15H22N2. The quantitative estimate of drug-likeness (QED) is 0.793. The van der Waals surface area contributed by atoms with Gasteiger partial charge in [0.05, 0.1) is 11.4 Å². The normalized spacial score (nSPS) is 23.0. The van der Waals surface area contributed by atoms with Gasteiger partial charge >= 0.3 is 0 Å². The highest BCUT2D eigenvalue weighted by Crippen LogP contribution is 2.39. The van der Waals surface area contributed by atoms with Gasteiger partial charge < -0.3 is 10.2 Å². The van der Waals surface area contributed by atoms with Crippen molar-refractivity contribution in [3.05, 3.63) is 23.8 Å². The summed E-state index contributed by atoms with van der Waals surface area (Å²) in [6.45, 7) is 6.91. The summed E-state index contributed by atoms with van der Waals surface area (Å²) in [6.07, 6.45) is 4.09. The summed E-state index contributed by atoms with van der Waals surface area (Å²) in [5, 5.41) is 3.67. The molecule has 0 radical (unpaired) electrons. The molecule has 1 aromatic rings. The Morgan fingerprint density at radius 1 is 1.29 bits per heavy atom. The Balaban J connectivity index is 2.02. The lowest BCUT2D eigenvalue weighted by atomic mass is 9.93. The highest BCUT2D eigenvalue weighted by Gasteiger charge is 2.29. The maximum absolute atomic E-state index is 3.67. The van der Waals surface area contributed by atoms with Gasteiger partial charge in [-0.15, -0.1) is 0 Å². The lowest BCUT2D eigenvalue weighted by molar-refractivity contribution is 0.465. The molecule has 17 heavy (non-hydrogen) atoms. The van der Waals surface area contributed by atoms with E-state index in [1.807, 2.05) is 0 Å². The van der Waals surface area contributed by atoms with Crippen LogP contribution in [-0.2, 0) is 0 Å². The Hall–Kier alpha value is -1.18. The van der Waals surface area contributed by atoms with Crippen molar-refractivity contribution in [2.45, 2.75) is 45.1 Å². The molecule has 0 spiro atoms. The average Bonchev–Trinajstić information content (AvgIpc) is 2.37. The van der Waals surface area contributed by atoms with Gasteiger partial charge in [-0.05, 0) is 36.8 Å². The summed E-state index contributed by atoms with van der Waals surface area (Å²) in [6, 6.07) is 7.48. The monoisotopic (exact) mass is 230 g/mol. The van der Waals surface area contributed by atoms with E-state index in [1.54, 1.807) is 0 Å². The van der Waals surface area contributed by atoms with Crippen molar-refractivity contribution in [3.63, 3.8) is 0 Å². The Bertz CT molecular complexity index is 411. The van der Waals surface area contributed by atoms with Crippen molar-refractivity contribution in [2.24, 2.45) is 0 Å². The summed E-state index contributed by atoms with van der Waals surface area (Å²) >= 11 is 0. The fourth-order valence-corrected chi connectivity index (χ4v) is 3.22. The van der Waals surface area contributed by atoms with Crippen molar-refractivity contribution in [2.75, 3.05) is 23.3 Å². The van der Waals surface area contributed by atoms with Crippen LogP contribution in [0.3, 0.4) is 0 Å². The molecule has 2 nitrogen and oxygen atoms in total. The first-order valence-electron chi connectivity index (χ1n) is 6.91. The minimum Gasteiger partial charge on any atom is -0.381 e. The van der Waals surface area contributed by atoms with Gasteiger partial charge in [0.2, 0.25) is 0 Å². The van der Waals surface area contributed by atoms with E-state index < -0.39 is 0 Å². The van der Waals surface area contributed by atoms with Crippen LogP contribution in [0.1, 0.15) is 44.6 Å². The van der Waals surface area contributed by atoms with Crippen LogP contribution in [0.25, 0.3) is 0 Å². The molecule has 1 N–H and O–H groups in total. The summed E-state index contributed by atoms with van der Waals surface area (Å²) in [5.41, 5.74) is 4.29. The van der Waals surface area contributed by atoms with Crippen molar-refractivity contribution in [1.82, 2.24) is 0 Å². The predicted molar refractivity (Wildman–Crippen MR) is 74.0 cm³/mol. The first-order valence-corrected chi connectivity index (χ1v) is 6.91. The first kappa shape index (κ1) is 10.9. The van der Waals surface area contributed by atoms with Crippen LogP contribution in [-0.4, -0.2) is 19.1 Å². The largest absolute Gasteiger partial charge is 0.381 e. The molecule has 2 aliphatic rings. The van der Waals surface area contributed by atoms with E-state index in [-0.39, 0.29) is 0 Å². The molecule has 0 amide bonds. The number of fused-ring (bicyclic) bond motifs is 3. The number of hydrogen-bond acceptors (Lipinski definition) is 2. The van der Waals surface area contributed by atoms with Crippen LogP contribution in [0.2, 0.25) is 0 Å². The van der Waals surface area contributed by atoms with Crippen molar-refractivity contribution in [3.8, 4) is 0 Å². The molecule has 2 heteroatoms. The van der Waals surface area contributed by atoms with Gasteiger partial charge in [0, 0.05) is 19.1 Å². The van der Waals surface area contributed by atoms with Crippen LogP contribution in [0.5, 0.6) is 0 Å². The topological polar surface area (TPSA) is 15.3 Å². The third-order valence-corrected chi connectivity index (χ3v) is 4.15. The molecule has 1 aromatic carbocycles. The summed E-state index contributed by atoms with van der Waals surface area (Å²) in [7, 11) is 0. The number of para-hydroxylation sites is 1. The Morgan fingerprint density at radius 2 is 2.18 bits per heavy atom. The zero-order valence-corrected chi connectivity index (χ0v) is 10.9. The van der Waals surface area contributed by atoms with Crippen LogP contribution < -0.4 is 10.2 Å². The number of hydrogen-bond donors (Lipinski definition) is 1. The second kappa shape index (κ2) is 4.25. The fraction of sp³-hybridized carbons (Fsp3) is 0.600. The lowest BCUT2D eigenvalue weighted by Crippen LogP contribution is -2.47. The van der Waals surface area contributed by atoms with Crippen LogP contribution >= 0.6 is 0 Å². The van der Waals surface area contributed by atoms with E-state index in [9.17, 15) is 0 Å². The maximum atomic E-state index is 3.67. The Labute approximate surface area is 104 Å². The molecule has 1 atom stereocenters. The highest BCUT2D eigenvalue weighted by molar-refractivity contribution is 5.76.